The van der Waals surface area contributed by atoms with Gasteiger partial charge in [0.05, 0.1) is 6.61 Å². The second kappa shape index (κ2) is 7.14. The Morgan fingerprint density at radius 1 is 1.10 bits per heavy atom. The third-order valence-corrected chi connectivity index (χ3v) is 3.03. The van der Waals surface area contributed by atoms with Gasteiger partial charge in [-0.25, -0.2) is 15.8 Å². The van der Waals surface area contributed by atoms with Crippen LogP contribution in [0.4, 0.5) is 5.95 Å². The third-order valence-electron chi connectivity index (χ3n) is 2.30. The third kappa shape index (κ3) is 4.50. The molecule has 0 aliphatic rings. The van der Waals surface area contributed by atoms with Crippen LogP contribution in [0.15, 0.2) is 16.4 Å². The summed E-state index contributed by atoms with van der Waals surface area (Å²) in [4.78, 5) is 21.1. The normalized spacial score (nSPS) is 10.5. The highest BCUT2D eigenvalue weighted by Crippen LogP contribution is 2.23. The molecule has 2 heterocycles. The lowest BCUT2D eigenvalue weighted by Gasteiger charge is -2.07. The van der Waals surface area contributed by atoms with Crippen LogP contribution in [-0.4, -0.2) is 31.5 Å². The maximum atomic E-state index is 5.41. The van der Waals surface area contributed by atoms with Crippen LogP contribution in [0.5, 0.6) is 6.01 Å². The molecule has 0 unspecified atom stereocenters. The van der Waals surface area contributed by atoms with Crippen molar-refractivity contribution in [1.82, 2.24) is 24.9 Å². The summed E-state index contributed by atoms with van der Waals surface area (Å²) in [6, 6.07) is 2.13. The lowest BCUT2D eigenvalue weighted by molar-refractivity contribution is 0.288. The fraction of sp³-hybridized carbons (Fsp3) is 0.417. The Labute approximate surface area is 127 Å². The van der Waals surface area contributed by atoms with Crippen molar-refractivity contribution in [2.45, 2.75) is 37.5 Å². The number of nitrogen functional groups attached to an aromatic ring is 1. The van der Waals surface area contributed by atoms with Gasteiger partial charge in [-0.2, -0.15) is 15.0 Å². The van der Waals surface area contributed by atoms with Crippen molar-refractivity contribution in [2.24, 2.45) is 5.84 Å². The number of nitrogens with zero attached hydrogens (tertiary/aromatic N) is 5. The number of aryl methyl sites for hydroxylation is 2. The van der Waals surface area contributed by atoms with Crippen molar-refractivity contribution in [3.05, 3.63) is 17.5 Å². The molecule has 0 aliphatic carbocycles. The summed E-state index contributed by atoms with van der Waals surface area (Å²) >= 11 is 1.23. The Hall–Kier alpha value is -2.00. The molecule has 9 heteroatoms. The molecule has 0 radical (unpaired) electrons. The Balaban J connectivity index is 2.25. The lowest BCUT2D eigenvalue weighted by atomic mass is 10.4. The van der Waals surface area contributed by atoms with Crippen molar-refractivity contribution in [2.75, 3.05) is 12.0 Å². The predicted octanol–water partition coefficient (Wildman–Crippen LogP) is 1.50. The van der Waals surface area contributed by atoms with Crippen LogP contribution in [0.1, 0.15) is 24.7 Å². The van der Waals surface area contributed by atoms with E-state index in [-0.39, 0.29) is 12.0 Å². The Kier molecular flexibility index (Phi) is 5.23. The van der Waals surface area contributed by atoms with Gasteiger partial charge in [-0.1, -0.05) is 6.92 Å². The van der Waals surface area contributed by atoms with Crippen molar-refractivity contribution in [1.29, 1.82) is 0 Å². The van der Waals surface area contributed by atoms with Crippen LogP contribution in [0.2, 0.25) is 0 Å². The van der Waals surface area contributed by atoms with Gasteiger partial charge in [-0.3, -0.25) is 5.43 Å². The highest BCUT2D eigenvalue weighted by atomic mass is 32.2. The quantitative estimate of drug-likeness (QED) is 0.465. The highest BCUT2D eigenvalue weighted by molar-refractivity contribution is 7.99. The second-order valence-electron chi connectivity index (χ2n) is 4.25. The topological polar surface area (TPSA) is 112 Å². The van der Waals surface area contributed by atoms with Gasteiger partial charge in [-0.05, 0) is 38.1 Å². The number of hydrogen-bond donors (Lipinski definition) is 2. The van der Waals surface area contributed by atoms with Crippen LogP contribution < -0.4 is 16.0 Å². The number of aromatic nitrogens is 5. The van der Waals surface area contributed by atoms with Crippen LogP contribution in [0.3, 0.4) is 0 Å². The monoisotopic (exact) mass is 307 g/mol. The van der Waals surface area contributed by atoms with E-state index in [9.17, 15) is 0 Å². The minimum atomic E-state index is 0.228. The summed E-state index contributed by atoms with van der Waals surface area (Å²) in [5, 5.41) is 0.997. The lowest BCUT2D eigenvalue weighted by Crippen LogP contribution is -2.13. The van der Waals surface area contributed by atoms with Gasteiger partial charge in [0.25, 0.3) is 0 Å². The Bertz CT molecular complexity index is 602. The SMILES string of the molecule is CCCOc1nc(NN)nc(Sc2nc(C)cc(C)n2)n1. The van der Waals surface area contributed by atoms with E-state index in [1.807, 2.05) is 26.8 Å². The summed E-state index contributed by atoms with van der Waals surface area (Å²) in [6.45, 7) is 6.35. The van der Waals surface area contributed by atoms with E-state index in [1.165, 1.54) is 11.8 Å². The molecule has 0 saturated heterocycles. The molecule has 0 aromatic carbocycles. The molecule has 3 N–H and O–H groups in total. The molecule has 21 heavy (non-hydrogen) atoms. The number of hydrogen-bond acceptors (Lipinski definition) is 9. The Morgan fingerprint density at radius 2 is 1.76 bits per heavy atom. The summed E-state index contributed by atoms with van der Waals surface area (Å²) in [5.41, 5.74) is 4.17. The second-order valence-corrected chi connectivity index (χ2v) is 5.19. The molecule has 2 aromatic rings. The molecule has 0 bridgehead atoms. The maximum absolute atomic E-state index is 5.41. The van der Waals surface area contributed by atoms with E-state index in [0.29, 0.717) is 16.9 Å². The maximum Gasteiger partial charge on any atom is 0.322 e. The number of ether oxygens (including phenoxy) is 1. The standard InChI is InChI=1S/C12H17N7OS/c1-4-5-20-10-16-9(19-13)17-12(18-10)21-11-14-7(2)6-8(3)15-11/h6H,4-5,13H2,1-3H3,(H,16,17,18,19). The number of hydrazine groups is 1. The van der Waals surface area contributed by atoms with Gasteiger partial charge >= 0.3 is 6.01 Å². The smallest absolute Gasteiger partial charge is 0.322 e. The van der Waals surface area contributed by atoms with E-state index in [1.54, 1.807) is 0 Å². The fourth-order valence-corrected chi connectivity index (χ4v) is 2.33. The van der Waals surface area contributed by atoms with Crippen LogP contribution in [-0.2, 0) is 0 Å². The molecule has 0 saturated carbocycles. The summed E-state index contributed by atoms with van der Waals surface area (Å²) in [6.07, 6.45) is 0.861. The van der Waals surface area contributed by atoms with Gasteiger partial charge in [0, 0.05) is 11.4 Å². The van der Waals surface area contributed by atoms with Crippen molar-refractivity contribution in [3.63, 3.8) is 0 Å². The number of nitrogens with one attached hydrogen (secondary N) is 1. The molecule has 2 aromatic heterocycles. The molecule has 8 nitrogen and oxygen atoms in total. The predicted molar refractivity (Wildman–Crippen MR) is 79.1 cm³/mol. The van der Waals surface area contributed by atoms with Crippen molar-refractivity contribution in [3.8, 4) is 6.01 Å². The van der Waals surface area contributed by atoms with Gasteiger partial charge in [0.1, 0.15) is 0 Å². The Morgan fingerprint density at radius 3 is 2.38 bits per heavy atom. The summed E-state index contributed by atoms with van der Waals surface area (Å²) in [7, 11) is 0. The van der Waals surface area contributed by atoms with E-state index < -0.39 is 0 Å². The first kappa shape index (κ1) is 15.4. The average molecular weight is 307 g/mol. The fourth-order valence-electron chi connectivity index (χ4n) is 1.53. The van der Waals surface area contributed by atoms with E-state index in [4.69, 9.17) is 10.6 Å². The van der Waals surface area contributed by atoms with E-state index >= 15 is 0 Å². The summed E-state index contributed by atoms with van der Waals surface area (Å²) < 4.78 is 5.41. The van der Waals surface area contributed by atoms with Crippen molar-refractivity contribution < 1.29 is 4.74 Å². The van der Waals surface area contributed by atoms with E-state index in [2.05, 4.69) is 30.3 Å². The molecule has 0 fully saturated rings. The van der Waals surface area contributed by atoms with Gasteiger partial charge in [0.15, 0.2) is 5.16 Å². The van der Waals surface area contributed by atoms with Gasteiger partial charge < -0.3 is 4.74 Å². The minimum Gasteiger partial charge on any atom is -0.463 e. The number of anilines is 1. The molecule has 0 spiro atoms. The first-order chi connectivity index (χ1) is 10.1. The molecular weight excluding hydrogens is 290 g/mol. The molecule has 2 rings (SSSR count). The zero-order chi connectivity index (χ0) is 15.2. The number of nitrogens with two attached hydrogens (primary N) is 1. The van der Waals surface area contributed by atoms with Crippen LogP contribution in [0, 0.1) is 13.8 Å². The van der Waals surface area contributed by atoms with Crippen LogP contribution >= 0.6 is 11.8 Å². The minimum absolute atomic E-state index is 0.228. The van der Waals surface area contributed by atoms with Gasteiger partial charge in [-0.15, -0.1) is 0 Å². The molecule has 112 valence electrons. The van der Waals surface area contributed by atoms with Gasteiger partial charge in [0.2, 0.25) is 11.1 Å². The zero-order valence-corrected chi connectivity index (χ0v) is 12.9. The first-order valence-corrected chi connectivity index (χ1v) is 7.28. The molecule has 0 amide bonds. The average Bonchev–Trinajstić information content (AvgIpc) is 2.43. The largest absolute Gasteiger partial charge is 0.463 e. The summed E-state index contributed by atoms with van der Waals surface area (Å²) in [5.74, 6) is 5.60. The molecule has 0 aliphatic heterocycles. The highest BCUT2D eigenvalue weighted by Gasteiger charge is 2.10. The molecule has 0 atom stereocenters. The van der Waals surface area contributed by atoms with E-state index in [0.717, 1.165) is 17.8 Å². The van der Waals surface area contributed by atoms with Crippen molar-refractivity contribution >= 4 is 17.7 Å². The number of rotatable bonds is 6. The molecular formula is C12H17N7OS. The zero-order valence-electron chi connectivity index (χ0n) is 12.1. The first-order valence-electron chi connectivity index (χ1n) is 6.46. The van der Waals surface area contributed by atoms with Crippen LogP contribution in [0.25, 0.3) is 0 Å².